The van der Waals surface area contributed by atoms with Crippen LogP contribution in [0.3, 0.4) is 0 Å². The first-order valence-electron chi connectivity index (χ1n) is 11.7. The molecule has 1 atom stereocenters. The van der Waals surface area contributed by atoms with E-state index in [9.17, 15) is 0 Å². The second-order valence-corrected chi connectivity index (χ2v) is 9.14. The Morgan fingerprint density at radius 2 is 1.61 bits per heavy atom. The van der Waals surface area contributed by atoms with Gasteiger partial charge in [-0.25, -0.2) is 0 Å². The first-order chi connectivity index (χ1) is 16.1. The molecule has 0 bridgehead atoms. The number of halogens is 1. The van der Waals surface area contributed by atoms with Crippen LogP contribution in [0.25, 0.3) is 0 Å². The Labute approximate surface area is 202 Å². The van der Waals surface area contributed by atoms with Crippen LogP contribution < -0.4 is 9.47 Å². The summed E-state index contributed by atoms with van der Waals surface area (Å²) in [7, 11) is 1.69. The molecule has 4 rings (SSSR count). The van der Waals surface area contributed by atoms with Crippen molar-refractivity contribution in [2.24, 2.45) is 0 Å². The summed E-state index contributed by atoms with van der Waals surface area (Å²) in [6, 6.07) is 24.8. The molecular formula is C28H33ClN2O2. The van der Waals surface area contributed by atoms with Crippen molar-refractivity contribution in [3.05, 3.63) is 94.5 Å². The summed E-state index contributed by atoms with van der Waals surface area (Å²) in [6.07, 6.45) is 0.790. The van der Waals surface area contributed by atoms with Crippen LogP contribution in [0.5, 0.6) is 11.5 Å². The van der Waals surface area contributed by atoms with Gasteiger partial charge in [-0.2, -0.15) is 0 Å². The molecule has 0 unspecified atom stereocenters. The van der Waals surface area contributed by atoms with Gasteiger partial charge in [0.25, 0.3) is 0 Å². The lowest BCUT2D eigenvalue weighted by Crippen LogP contribution is -2.46. The number of hydrogen-bond donors (Lipinski definition) is 0. The predicted octanol–water partition coefficient (Wildman–Crippen LogP) is 5.99. The molecule has 174 valence electrons. The van der Waals surface area contributed by atoms with Crippen molar-refractivity contribution in [3.8, 4) is 11.5 Å². The van der Waals surface area contributed by atoms with Gasteiger partial charge < -0.3 is 14.4 Å². The molecule has 1 heterocycles. The van der Waals surface area contributed by atoms with Crippen LogP contribution in [0.15, 0.2) is 72.8 Å². The molecule has 5 heteroatoms. The van der Waals surface area contributed by atoms with Crippen molar-refractivity contribution >= 4 is 11.6 Å². The second-order valence-electron chi connectivity index (χ2n) is 8.71. The van der Waals surface area contributed by atoms with Crippen molar-refractivity contribution in [2.75, 3.05) is 39.8 Å². The Balaban J connectivity index is 1.38. The lowest BCUT2D eigenvalue weighted by molar-refractivity contribution is 0.106. The standard InChI is InChI=1S/C28H33ClN2O2/c1-22-11-12-27(28(19-22)32-2)33-26(24-9-6-10-25(29)20-24)13-14-30-15-17-31(18-16-30)21-23-7-4-3-5-8-23/h3-12,19-20,26H,13-18,21H2,1-2H3/t26-/m0/s1. The molecule has 0 saturated carbocycles. The largest absolute Gasteiger partial charge is 0.493 e. The number of aryl methyl sites for hydroxylation is 1. The van der Waals surface area contributed by atoms with Crippen LogP contribution in [-0.4, -0.2) is 49.6 Å². The smallest absolute Gasteiger partial charge is 0.162 e. The summed E-state index contributed by atoms with van der Waals surface area (Å²) >= 11 is 6.31. The third kappa shape index (κ3) is 6.73. The number of methoxy groups -OCH3 is 1. The van der Waals surface area contributed by atoms with Crippen molar-refractivity contribution in [2.45, 2.75) is 26.0 Å². The lowest BCUT2D eigenvalue weighted by atomic mass is 10.1. The fraction of sp³-hybridized carbons (Fsp3) is 0.357. The van der Waals surface area contributed by atoms with Crippen molar-refractivity contribution < 1.29 is 9.47 Å². The molecule has 0 spiro atoms. The van der Waals surface area contributed by atoms with E-state index in [4.69, 9.17) is 21.1 Å². The SMILES string of the molecule is COc1cc(C)ccc1O[C@@H](CCN1CCN(Cc2ccccc2)CC1)c1cccc(Cl)c1. The van der Waals surface area contributed by atoms with E-state index < -0.39 is 0 Å². The van der Waals surface area contributed by atoms with Crippen LogP contribution in [-0.2, 0) is 6.54 Å². The number of benzene rings is 3. The summed E-state index contributed by atoms with van der Waals surface area (Å²) in [4.78, 5) is 5.07. The van der Waals surface area contributed by atoms with Gasteiger partial charge in [0.1, 0.15) is 6.10 Å². The number of nitrogens with zero attached hydrogens (tertiary/aromatic N) is 2. The van der Waals surface area contributed by atoms with Crippen LogP contribution in [0.4, 0.5) is 0 Å². The van der Waals surface area contributed by atoms with Gasteiger partial charge >= 0.3 is 0 Å². The van der Waals surface area contributed by atoms with Gasteiger partial charge in [-0.05, 0) is 47.9 Å². The van der Waals surface area contributed by atoms with Gasteiger partial charge in [0, 0.05) is 50.7 Å². The van der Waals surface area contributed by atoms with Gasteiger partial charge in [-0.15, -0.1) is 0 Å². The van der Waals surface area contributed by atoms with Crippen LogP contribution in [0, 0.1) is 6.92 Å². The molecule has 3 aromatic carbocycles. The quantitative estimate of drug-likeness (QED) is 0.388. The highest BCUT2D eigenvalue weighted by atomic mass is 35.5. The summed E-state index contributed by atoms with van der Waals surface area (Å²) in [5.41, 5.74) is 3.62. The normalized spacial score (nSPS) is 15.8. The third-order valence-corrected chi connectivity index (χ3v) is 6.47. The molecule has 0 aromatic heterocycles. The first kappa shape index (κ1) is 23.6. The Kier molecular flexibility index (Phi) is 8.27. The van der Waals surface area contributed by atoms with Gasteiger partial charge in [0.05, 0.1) is 7.11 Å². The number of ether oxygens (including phenoxy) is 2. The summed E-state index contributed by atoms with van der Waals surface area (Å²) in [5, 5.41) is 0.728. The minimum Gasteiger partial charge on any atom is -0.493 e. The van der Waals surface area contributed by atoms with Crippen molar-refractivity contribution in [3.63, 3.8) is 0 Å². The zero-order chi connectivity index (χ0) is 23.0. The second kappa shape index (κ2) is 11.6. The Bertz CT molecular complexity index is 1020. The van der Waals surface area contributed by atoms with E-state index in [1.165, 1.54) is 5.56 Å². The first-order valence-corrected chi connectivity index (χ1v) is 12.0. The van der Waals surface area contributed by atoms with Crippen molar-refractivity contribution in [1.82, 2.24) is 9.80 Å². The molecule has 1 saturated heterocycles. The summed E-state index contributed by atoms with van der Waals surface area (Å²) in [5.74, 6) is 1.53. The zero-order valence-electron chi connectivity index (χ0n) is 19.5. The fourth-order valence-electron chi connectivity index (χ4n) is 4.34. The molecule has 0 N–H and O–H groups in total. The molecule has 3 aromatic rings. The van der Waals surface area contributed by atoms with E-state index in [1.54, 1.807) is 7.11 Å². The van der Waals surface area contributed by atoms with Crippen molar-refractivity contribution in [1.29, 1.82) is 0 Å². The Morgan fingerprint density at radius 3 is 2.33 bits per heavy atom. The predicted molar refractivity (Wildman–Crippen MR) is 135 cm³/mol. The topological polar surface area (TPSA) is 24.9 Å². The van der Waals surface area contributed by atoms with Gasteiger partial charge in [0.2, 0.25) is 0 Å². The Hall–Kier alpha value is -2.53. The minimum absolute atomic E-state index is 0.0948. The van der Waals surface area contributed by atoms with E-state index in [0.29, 0.717) is 0 Å². The summed E-state index contributed by atoms with van der Waals surface area (Å²) < 4.78 is 12.1. The van der Waals surface area contributed by atoms with E-state index in [0.717, 1.165) is 73.3 Å². The van der Waals surface area contributed by atoms with Crippen LogP contribution >= 0.6 is 11.6 Å². The van der Waals surface area contributed by atoms with Gasteiger partial charge in [-0.1, -0.05) is 60.1 Å². The highest BCUT2D eigenvalue weighted by Gasteiger charge is 2.21. The molecule has 0 aliphatic carbocycles. The van der Waals surface area contributed by atoms with Crippen LogP contribution in [0.2, 0.25) is 5.02 Å². The van der Waals surface area contributed by atoms with Gasteiger partial charge in [-0.3, -0.25) is 4.90 Å². The monoisotopic (exact) mass is 464 g/mol. The molecule has 1 fully saturated rings. The maximum atomic E-state index is 6.50. The van der Waals surface area contributed by atoms with E-state index in [-0.39, 0.29) is 6.10 Å². The van der Waals surface area contributed by atoms with E-state index >= 15 is 0 Å². The average molecular weight is 465 g/mol. The highest BCUT2D eigenvalue weighted by molar-refractivity contribution is 6.30. The Morgan fingerprint density at radius 1 is 0.848 bits per heavy atom. The molecule has 0 radical (unpaired) electrons. The van der Waals surface area contributed by atoms with E-state index in [1.807, 2.05) is 30.3 Å². The van der Waals surface area contributed by atoms with Gasteiger partial charge in [0.15, 0.2) is 11.5 Å². The molecule has 1 aliphatic rings. The number of piperazine rings is 1. The molecule has 33 heavy (non-hydrogen) atoms. The highest BCUT2D eigenvalue weighted by Crippen LogP contribution is 2.34. The maximum absolute atomic E-state index is 6.50. The fourth-order valence-corrected chi connectivity index (χ4v) is 4.54. The van der Waals surface area contributed by atoms with E-state index in [2.05, 4.69) is 59.2 Å². The third-order valence-electron chi connectivity index (χ3n) is 6.23. The zero-order valence-corrected chi connectivity index (χ0v) is 20.3. The minimum atomic E-state index is -0.0948. The lowest BCUT2D eigenvalue weighted by Gasteiger charge is -2.35. The summed E-state index contributed by atoms with van der Waals surface area (Å²) in [6.45, 7) is 8.37. The molecule has 0 amide bonds. The average Bonchev–Trinajstić information content (AvgIpc) is 2.84. The number of rotatable bonds is 9. The maximum Gasteiger partial charge on any atom is 0.162 e. The molecule has 4 nitrogen and oxygen atoms in total. The molecular weight excluding hydrogens is 432 g/mol. The molecule has 1 aliphatic heterocycles. The number of hydrogen-bond acceptors (Lipinski definition) is 4. The van der Waals surface area contributed by atoms with Crippen LogP contribution in [0.1, 0.15) is 29.2 Å².